The maximum absolute atomic E-state index is 13.0. The van der Waals surface area contributed by atoms with Gasteiger partial charge in [0.2, 0.25) is 21.7 Å². The molecule has 3 amide bonds. The number of aromatic nitrogens is 8. The molecular formula is C92H103B3Cl2MgN12O18. The van der Waals surface area contributed by atoms with Gasteiger partial charge < -0.3 is 113 Å². The van der Waals surface area contributed by atoms with E-state index in [4.69, 9.17) is 39.3 Å². The number of aliphatic hydroxyl groups is 2. The van der Waals surface area contributed by atoms with Crippen molar-refractivity contribution in [2.75, 3.05) is 6.61 Å². The number of benzene rings is 4. The first-order chi connectivity index (χ1) is 59.1. The molecule has 0 radical (unpaired) electrons. The van der Waals surface area contributed by atoms with Gasteiger partial charge in [0.25, 0.3) is 17.7 Å². The smallest absolute Gasteiger partial charge is 1.00 e. The van der Waals surface area contributed by atoms with Crippen LogP contribution in [0.4, 0.5) is 0 Å². The Kier molecular flexibility index (Phi) is 31.4. The van der Waals surface area contributed by atoms with Crippen LogP contribution in [-0.2, 0) is 23.4 Å². The number of halogens is 2. The molecule has 0 unspecified atom stereocenters. The van der Waals surface area contributed by atoms with Crippen LogP contribution in [-0.4, -0.2) is 196 Å². The first kappa shape index (κ1) is 99.3. The third-order valence-electron chi connectivity index (χ3n) is 23.0. The molecule has 4 saturated carbocycles. The molecule has 0 atom stereocenters. The van der Waals surface area contributed by atoms with Crippen molar-refractivity contribution in [3.05, 3.63) is 258 Å². The minimum atomic E-state index is -1.62. The standard InChI is InChI=1S/C24H26BN3O4.C23H25BN2O5.C18H16BN3O4.C18H15N3O3.C6H14O2.C3H7N.2ClH.Mg/c1-23(2)24(3,4)32-25(31-23)15-7-5-8-17(13-15)28-14-19(22(30)27-16-10-11-16)20(29)18-9-6-12-26-21(18)28;1-6-29-21(28)18-14-26(20-17(19(18)27)11-8-12-25-20)16-10-7-9-15(13-16)24-30-22(2,3)23(4,5)31-24;23-16-14-5-2-8-20-17(14)22(10-15(16)18(24)21-12-6-7-12)13-4-1-3-11(9-13)19(25)26;22-13-4-1-3-12(9-13)21-10-15(18(24)20-11-6-7-11)16(23)14-5-2-8-19-17(14)21;1-5(2,7)6(3,4)8;4-3-1-2-3;;;/h5-9,12-14,16H,10-11H2,1-4H3,(H,27,30);7-14H,6H2,1-5H3;1-5,8-10,12,25-26H,6-7H2,(H,21,24);1-5,8-11,22H,6-7H2,(H,20,24);7-8H,1-4H3;3H,1-2,4H2;2*1H;/q;;;;;;;;+2/p-2. The maximum atomic E-state index is 13.0. The number of hydrogen-bond donors (Lipinski definition) is 9. The predicted octanol–water partition coefficient (Wildman–Crippen LogP) is 1.64. The van der Waals surface area contributed by atoms with Crippen LogP contribution >= 0.6 is 0 Å². The van der Waals surface area contributed by atoms with E-state index in [1.165, 1.54) is 31.4 Å². The Labute approximate surface area is 768 Å². The number of hydrogen-bond acceptors (Lipinski definition) is 23. The summed E-state index contributed by atoms with van der Waals surface area (Å²) in [4.78, 5) is 119. The number of fused-ring (bicyclic) bond motifs is 4. The van der Waals surface area contributed by atoms with Crippen LogP contribution in [0.25, 0.3) is 66.9 Å². The number of aromatic hydroxyl groups is 1. The van der Waals surface area contributed by atoms with Crippen molar-refractivity contribution in [3.63, 3.8) is 0 Å². The Morgan fingerprint density at radius 1 is 0.453 bits per heavy atom. The van der Waals surface area contributed by atoms with Crippen molar-refractivity contribution < 1.29 is 92.7 Å². The fourth-order valence-corrected chi connectivity index (χ4v) is 12.9. The summed E-state index contributed by atoms with van der Waals surface area (Å²) in [5, 5.41) is 56.8. The molecule has 128 heavy (non-hydrogen) atoms. The molecule has 12 aromatic rings. The molecule has 4 aliphatic carbocycles. The Morgan fingerprint density at radius 2 is 0.734 bits per heavy atom. The van der Waals surface area contributed by atoms with Crippen molar-refractivity contribution in [1.29, 1.82) is 0 Å². The van der Waals surface area contributed by atoms with Gasteiger partial charge in [-0.1, -0.05) is 42.5 Å². The minimum absolute atomic E-state index is 0. The SMILES string of the molecule is CC(C)(O)C(C)(C)O.CC1(C)OB(c2cccc(-n3cc(C(=O)NC4CC4)c(=O)c4cccnc43)c2)OC1(C)C.CCOC(=O)c1cn(-c2cccc(B3OC(C)(C)C(C)(C)O3)c2)c2ncccc2c1=O.NC1CC1.O=C(NC1CC1)c1cn(-c2cccc(B(O)O)c2)c2ncccc2c1=O.O=C(NC1CC1)c1cn(-c2cccc(O)c2)c2ncccc2c1=O.[Cl-].[Cl-].[Mg+2]. The van der Waals surface area contributed by atoms with Gasteiger partial charge in [-0.3, -0.25) is 33.6 Å². The number of amides is 3. The largest absolute Gasteiger partial charge is 2.00 e. The fraction of sp³-hybridized carbons (Fsp3) is 0.348. The molecule has 10 N–H and O–H groups in total. The van der Waals surface area contributed by atoms with E-state index in [2.05, 4.69) is 35.9 Å². The zero-order chi connectivity index (χ0) is 90.0. The molecular weight excluding hydrogens is 1690 g/mol. The average Bonchev–Trinajstić information content (AvgIpc) is 1.16. The summed E-state index contributed by atoms with van der Waals surface area (Å²) in [5.41, 5.74) is 6.57. The van der Waals surface area contributed by atoms with Gasteiger partial charge in [-0.25, -0.2) is 24.7 Å². The number of rotatable bonds is 16. The van der Waals surface area contributed by atoms with Crippen LogP contribution in [0.5, 0.6) is 5.75 Å². The number of pyridine rings is 8. The molecule has 2 aliphatic heterocycles. The Balaban J connectivity index is 0.000000169. The monoisotopic (exact) mass is 1790 g/mol. The number of nitrogens with two attached hydrogens (primary N) is 1. The number of esters is 1. The average molecular weight is 1790 g/mol. The summed E-state index contributed by atoms with van der Waals surface area (Å²) in [6.45, 7) is 24.3. The van der Waals surface area contributed by atoms with Gasteiger partial charge in [-0.2, -0.15) is 0 Å². The van der Waals surface area contributed by atoms with Crippen LogP contribution < -0.4 is 84.6 Å². The first-order valence-electron chi connectivity index (χ1n) is 41.6. The zero-order valence-electron chi connectivity index (χ0n) is 73.5. The number of ether oxygens (including phenoxy) is 1. The third kappa shape index (κ3) is 23.1. The molecule has 30 nitrogen and oxygen atoms in total. The van der Waals surface area contributed by atoms with Gasteiger partial charge in [0, 0.05) is 96.9 Å². The van der Waals surface area contributed by atoms with Crippen LogP contribution in [0.15, 0.2) is 214 Å². The molecule has 36 heteroatoms. The molecule has 4 aromatic carbocycles. The van der Waals surface area contributed by atoms with E-state index in [9.17, 15) is 53.5 Å². The second-order valence-corrected chi connectivity index (χ2v) is 34.7. The summed E-state index contributed by atoms with van der Waals surface area (Å²) < 4.78 is 36.6. The van der Waals surface area contributed by atoms with E-state index in [1.54, 1.807) is 181 Å². The molecule has 6 aliphatic rings. The number of carbonyl (C=O) groups excluding carboxylic acids is 4. The van der Waals surface area contributed by atoms with E-state index in [-0.39, 0.29) is 129 Å². The van der Waals surface area contributed by atoms with Crippen LogP contribution in [0.3, 0.4) is 0 Å². The summed E-state index contributed by atoms with van der Waals surface area (Å²) in [5.74, 6) is -1.69. The Hall–Kier alpha value is -10.8. The number of phenols is 1. The van der Waals surface area contributed by atoms with Gasteiger partial charge in [-0.05, 0) is 255 Å². The van der Waals surface area contributed by atoms with E-state index >= 15 is 0 Å². The molecule has 18 rings (SSSR count). The fourth-order valence-electron chi connectivity index (χ4n) is 12.9. The second-order valence-electron chi connectivity index (χ2n) is 34.7. The molecule has 6 fully saturated rings. The van der Waals surface area contributed by atoms with Crippen LogP contribution in [0, 0.1) is 0 Å². The predicted molar refractivity (Wildman–Crippen MR) is 485 cm³/mol. The van der Waals surface area contributed by atoms with Gasteiger partial charge >= 0.3 is 50.4 Å². The van der Waals surface area contributed by atoms with Crippen LogP contribution in [0.2, 0.25) is 0 Å². The van der Waals surface area contributed by atoms with Crippen molar-refractivity contribution in [3.8, 4) is 28.5 Å². The van der Waals surface area contributed by atoms with Crippen molar-refractivity contribution in [2.45, 2.75) is 199 Å². The maximum Gasteiger partial charge on any atom is 2.00 e. The number of nitrogens with one attached hydrogen (secondary N) is 3. The third-order valence-corrected chi connectivity index (χ3v) is 23.0. The molecule has 8 aromatic heterocycles. The Morgan fingerprint density at radius 3 is 1.02 bits per heavy atom. The summed E-state index contributed by atoms with van der Waals surface area (Å²) in [6.07, 6.45) is 20.6. The number of phenolic OH excluding ortho intramolecular Hbond substituents is 1. The topological polar surface area (TPSA) is 417 Å². The quantitative estimate of drug-likeness (QED) is 0.0490. The van der Waals surface area contributed by atoms with E-state index in [1.807, 2.05) is 104 Å². The summed E-state index contributed by atoms with van der Waals surface area (Å²) in [6, 6.07) is 42.8. The molecule has 0 bridgehead atoms. The second kappa shape index (κ2) is 40.5. The van der Waals surface area contributed by atoms with Crippen molar-refractivity contribution >= 4 is 129 Å². The minimum Gasteiger partial charge on any atom is -1.00 e. The zero-order valence-corrected chi connectivity index (χ0v) is 76.5. The normalized spacial score (nSPS) is 16.0. The van der Waals surface area contributed by atoms with E-state index < -0.39 is 72.3 Å². The molecule has 10 heterocycles. The first-order valence-corrected chi connectivity index (χ1v) is 41.6. The van der Waals surface area contributed by atoms with E-state index in [0.29, 0.717) is 67.0 Å². The molecule has 2 saturated heterocycles. The molecule has 0 spiro atoms. The van der Waals surface area contributed by atoms with Gasteiger partial charge in [-0.15, -0.1) is 0 Å². The van der Waals surface area contributed by atoms with Crippen LogP contribution in [0.1, 0.15) is 183 Å². The summed E-state index contributed by atoms with van der Waals surface area (Å²) >= 11 is 0. The molecule has 664 valence electrons. The summed E-state index contributed by atoms with van der Waals surface area (Å²) in [7, 11) is -2.67. The number of carbonyl (C=O) groups is 4. The van der Waals surface area contributed by atoms with Crippen molar-refractivity contribution in [1.82, 2.24) is 54.2 Å². The van der Waals surface area contributed by atoms with Gasteiger partial charge in [0.1, 0.15) is 50.6 Å². The Bertz CT molecular complexity index is 6320. The van der Waals surface area contributed by atoms with Gasteiger partial charge in [0.15, 0.2) is 0 Å². The van der Waals surface area contributed by atoms with Crippen molar-refractivity contribution in [2.24, 2.45) is 5.73 Å². The van der Waals surface area contributed by atoms with Gasteiger partial charge in [0.05, 0.1) is 67.4 Å². The van der Waals surface area contributed by atoms with E-state index in [0.717, 1.165) is 60.8 Å². The number of nitrogens with zero attached hydrogens (tertiary/aromatic N) is 8.